The highest BCUT2D eigenvalue weighted by molar-refractivity contribution is 5.92. The van der Waals surface area contributed by atoms with Crippen LogP contribution in [0, 0.1) is 0 Å². The van der Waals surface area contributed by atoms with E-state index in [2.05, 4.69) is 10.5 Å². The fourth-order valence-electron chi connectivity index (χ4n) is 2.33. The van der Waals surface area contributed by atoms with Gasteiger partial charge in [0.05, 0.1) is 12.9 Å². The maximum absolute atomic E-state index is 11.9. The summed E-state index contributed by atoms with van der Waals surface area (Å²) >= 11 is 0. The van der Waals surface area contributed by atoms with E-state index in [0.717, 1.165) is 0 Å². The van der Waals surface area contributed by atoms with Crippen LogP contribution in [0.3, 0.4) is 0 Å². The molecule has 3 heterocycles. The molecule has 3 aromatic rings. The van der Waals surface area contributed by atoms with Gasteiger partial charge in [0.15, 0.2) is 17.3 Å². The van der Waals surface area contributed by atoms with E-state index in [0.29, 0.717) is 34.4 Å². The number of aromatic nitrogens is 1. The van der Waals surface area contributed by atoms with Gasteiger partial charge in [-0.2, -0.15) is 0 Å². The maximum Gasteiger partial charge on any atom is 0.250 e. The van der Waals surface area contributed by atoms with Crippen molar-refractivity contribution < 1.29 is 27.9 Å². The predicted octanol–water partition coefficient (Wildman–Crippen LogP) is 2.82. The van der Waals surface area contributed by atoms with Gasteiger partial charge in [-0.15, -0.1) is 0 Å². The van der Waals surface area contributed by atoms with Crippen molar-refractivity contribution in [1.29, 1.82) is 0 Å². The molecule has 128 valence electrons. The summed E-state index contributed by atoms with van der Waals surface area (Å²) in [6.45, 7) is 0.226. The molecule has 1 N–H and O–H groups in total. The van der Waals surface area contributed by atoms with Gasteiger partial charge >= 0.3 is 0 Å². The van der Waals surface area contributed by atoms with Crippen molar-refractivity contribution in [2.24, 2.45) is 0 Å². The third-order valence-electron chi connectivity index (χ3n) is 3.46. The van der Waals surface area contributed by atoms with E-state index in [1.807, 2.05) is 0 Å². The number of nitrogens with one attached hydrogen (secondary N) is 1. The lowest BCUT2D eigenvalue weighted by atomic mass is 10.3. The van der Waals surface area contributed by atoms with Crippen molar-refractivity contribution in [2.75, 3.05) is 18.7 Å². The van der Waals surface area contributed by atoms with Crippen molar-refractivity contribution >= 4 is 11.6 Å². The van der Waals surface area contributed by atoms with Crippen LogP contribution in [0.5, 0.6) is 11.5 Å². The molecule has 1 aliphatic heterocycles. The van der Waals surface area contributed by atoms with Gasteiger partial charge in [-0.25, -0.2) is 0 Å². The zero-order valence-corrected chi connectivity index (χ0v) is 13.1. The first-order chi connectivity index (χ1) is 12.3. The van der Waals surface area contributed by atoms with Crippen molar-refractivity contribution in [2.45, 2.75) is 6.61 Å². The van der Waals surface area contributed by atoms with Gasteiger partial charge in [0.1, 0.15) is 12.3 Å². The zero-order chi connectivity index (χ0) is 17.1. The molecule has 1 aromatic carbocycles. The van der Waals surface area contributed by atoms with Crippen molar-refractivity contribution in [1.82, 2.24) is 5.16 Å². The molecule has 0 atom stereocenters. The van der Waals surface area contributed by atoms with E-state index >= 15 is 0 Å². The lowest BCUT2D eigenvalue weighted by Gasteiger charge is -2.06. The molecule has 0 saturated carbocycles. The number of amides is 1. The van der Waals surface area contributed by atoms with Crippen LogP contribution >= 0.6 is 0 Å². The largest absolute Gasteiger partial charge is 0.461 e. The Morgan fingerprint density at radius 2 is 2.08 bits per heavy atom. The van der Waals surface area contributed by atoms with Crippen molar-refractivity contribution in [3.63, 3.8) is 0 Å². The molecule has 0 fully saturated rings. The molecular weight excluding hydrogens is 328 g/mol. The van der Waals surface area contributed by atoms with Gasteiger partial charge in [-0.1, -0.05) is 5.16 Å². The lowest BCUT2D eigenvalue weighted by molar-refractivity contribution is -0.121. The first-order valence-electron chi connectivity index (χ1n) is 7.55. The van der Waals surface area contributed by atoms with Crippen molar-refractivity contribution in [3.8, 4) is 23.0 Å². The van der Waals surface area contributed by atoms with E-state index in [1.165, 1.54) is 0 Å². The van der Waals surface area contributed by atoms with Crippen LogP contribution in [-0.2, 0) is 16.1 Å². The molecular formula is C17H14N2O6. The van der Waals surface area contributed by atoms with E-state index in [-0.39, 0.29) is 25.9 Å². The van der Waals surface area contributed by atoms with E-state index < -0.39 is 0 Å². The third-order valence-corrected chi connectivity index (χ3v) is 3.46. The number of carbonyl (C=O) groups excluding carboxylic acids is 1. The minimum Gasteiger partial charge on any atom is -0.461 e. The number of rotatable bonds is 6. The molecule has 0 unspecified atom stereocenters. The van der Waals surface area contributed by atoms with Crippen molar-refractivity contribution in [3.05, 3.63) is 48.4 Å². The topological polar surface area (TPSA) is 96.0 Å². The Morgan fingerprint density at radius 1 is 1.16 bits per heavy atom. The number of fused-ring (bicyclic) bond motifs is 1. The summed E-state index contributed by atoms with van der Waals surface area (Å²) in [6.07, 6.45) is 1.55. The summed E-state index contributed by atoms with van der Waals surface area (Å²) in [5, 5.41) is 6.60. The number of hydrogen-bond acceptors (Lipinski definition) is 7. The quantitative estimate of drug-likeness (QED) is 0.736. The number of nitrogens with zero attached hydrogens (tertiary/aromatic N) is 1. The Balaban J connectivity index is 1.26. The number of ether oxygens (including phenoxy) is 3. The highest BCUT2D eigenvalue weighted by Gasteiger charge is 2.14. The SMILES string of the molecule is O=C(COCc1cc(-c2ccco2)on1)Nc1ccc2c(c1)OCO2. The summed E-state index contributed by atoms with van der Waals surface area (Å²) < 4.78 is 26.2. The van der Waals surface area contributed by atoms with E-state index in [4.69, 9.17) is 23.2 Å². The summed E-state index contributed by atoms with van der Waals surface area (Å²) in [5.74, 6) is 2.07. The molecule has 0 bridgehead atoms. The molecule has 1 aliphatic rings. The lowest BCUT2D eigenvalue weighted by Crippen LogP contribution is -2.18. The van der Waals surface area contributed by atoms with Crippen LogP contribution in [-0.4, -0.2) is 24.5 Å². The molecule has 0 saturated heterocycles. The van der Waals surface area contributed by atoms with Gasteiger partial charge in [-0.3, -0.25) is 4.79 Å². The number of anilines is 1. The normalized spacial score (nSPS) is 12.3. The predicted molar refractivity (Wildman–Crippen MR) is 85.1 cm³/mol. The monoisotopic (exact) mass is 342 g/mol. The van der Waals surface area contributed by atoms with Gasteiger partial charge < -0.3 is 28.5 Å². The van der Waals surface area contributed by atoms with Crippen LogP contribution in [0.1, 0.15) is 5.69 Å². The van der Waals surface area contributed by atoms with Gasteiger partial charge in [0.2, 0.25) is 18.5 Å². The molecule has 2 aromatic heterocycles. The second-order valence-electron chi connectivity index (χ2n) is 5.27. The van der Waals surface area contributed by atoms with Crippen LogP contribution in [0.25, 0.3) is 11.5 Å². The minimum absolute atomic E-state index is 0.114. The molecule has 0 spiro atoms. The Labute approximate surface area is 142 Å². The fourth-order valence-corrected chi connectivity index (χ4v) is 2.33. The maximum atomic E-state index is 11.9. The van der Waals surface area contributed by atoms with Crippen LogP contribution in [0.2, 0.25) is 0 Å². The van der Waals surface area contributed by atoms with Crippen LogP contribution in [0.4, 0.5) is 5.69 Å². The second-order valence-corrected chi connectivity index (χ2v) is 5.27. The van der Waals surface area contributed by atoms with Crippen LogP contribution in [0.15, 0.2) is 51.6 Å². The molecule has 0 aliphatic carbocycles. The second kappa shape index (κ2) is 6.70. The summed E-state index contributed by atoms with van der Waals surface area (Å²) in [7, 11) is 0. The Hall–Kier alpha value is -3.26. The average Bonchev–Trinajstić information content (AvgIpc) is 3.35. The number of furan rings is 1. The first kappa shape index (κ1) is 15.3. The molecule has 8 heteroatoms. The standard InChI is InChI=1S/C17H14N2O6/c20-17(18-11-3-4-14-15(6-11)24-10-23-14)9-21-8-12-7-16(25-19-12)13-2-1-5-22-13/h1-7H,8-10H2,(H,18,20). The Morgan fingerprint density at radius 3 is 2.96 bits per heavy atom. The Bertz CT molecular complexity index is 871. The summed E-state index contributed by atoms with van der Waals surface area (Å²) in [6, 6.07) is 10.4. The van der Waals surface area contributed by atoms with E-state index in [1.54, 1.807) is 42.7 Å². The molecule has 4 rings (SSSR count). The minimum atomic E-state index is -0.284. The molecule has 25 heavy (non-hydrogen) atoms. The van der Waals surface area contributed by atoms with Gasteiger partial charge in [0, 0.05) is 17.8 Å². The Kier molecular flexibility index (Phi) is 4.09. The average molecular weight is 342 g/mol. The van der Waals surface area contributed by atoms with Gasteiger partial charge in [0.25, 0.3) is 0 Å². The van der Waals surface area contributed by atoms with Gasteiger partial charge in [-0.05, 0) is 24.3 Å². The summed E-state index contributed by atoms with van der Waals surface area (Å²) in [4.78, 5) is 11.9. The number of carbonyl (C=O) groups is 1. The molecule has 0 radical (unpaired) electrons. The van der Waals surface area contributed by atoms with Crippen LogP contribution < -0.4 is 14.8 Å². The highest BCUT2D eigenvalue weighted by atomic mass is 16.7. The zero-order valence-electron chi connectivity index (χ0n) is 13.1. The first-order valence-corrected chi connectivity index (χ1v) is 7.55. The third kappa shape index (κ3) is 3.48. The summed E-state index contributed by atoms with van der Waals surface area (Å²) in [5.41, 5.74) is 1.18. The fraction of sp³-hybridized carbons (Fsp3) is 0.176. The highest BCUT2D eigenvalue weighted by Crippen LogP contribution is 2.34. The smallest absolute Gasteiger partial charge is 0.250 e. The molecule has 8 nitrogen and oxygen atoms in total. The molecule has 1 amide bonds. The van der Waals surface area contributed by atoms with E-state index in [9.17, 15) is 4.79 Å². The number of hydrogen-bond donors (Lipinski definition) is 1. The number of benzene rings is 1.